The van der Waals surface area contributed by atoms with Crippen molar-refractivity contribution in [1.29, 1.82) is 0 Å². The molecule has 0 aliphatic rings. The summed E-state index contributed by atoms with van der Waals surface area (Å²) in [5.41, 5.74) is 5.41. The van der Waals surface area contributed by atoms with E-state index in [1.165, 1.54) is 11.1 Å². The zero-order valence-electron chi connectivity index (χ0n) is 11.0. The van der Waals surface area contributed by atoms with Crippen LogP contribution in [0.25, 0.3) is 11.0 Å². The van der Waals surface area contributed by atoms with Crippen LogP contribution < -0.4 is 0 Å². The summed E-state index contributed by atoms with van der Waals surface area (Å²) in [5, 5.41) is 8.82. The summed E-state index contributed by atoms with van der Waals surface area (Å²) in [6.07, 6.45) is 0.820. The van der Waals surface area contributed by atoms with Crippen LogP contribution in [0.15, 0.2) is 36.4 Å². The molecule has 0 atom stereocenters. The van der Waals surface area contributed by atoms with Gasteiger partial charge in [-0.15, -0.1) is 16.7 Å². The van der Waals surface area contributed by atoms with Gasteiger partial charge in [-0.1, -0.05) is 28.9 Å². The molecular formula is C15H13Cl2N3. The summed E-state index contributed by atoms with van der Waals surface area (Å²) >= 11 is 12.0. The van der Waals surface area contributed by atoms with E-state index in [2.05, 4.69) is 22.4 Å². The number of hydrogen-bond acceptors (Lipinski definition) is 2. The van der Waals surface area contributed by atoms with Gasteiger partial charge in [-0.05, 0) is 47.4 Å². The molecule has 3 nitrogen and oxygen atoms in total. The van der Waals surface area contributed by atoms with Crippen LogP contribution in [0.1, 0.15) is 16.7 Å². The first kappa shape index (κ1) is 13.4. The highest BCUT2D eigenvalue weighted by molar-refractivity contribution is 6.30. The van der Waals surface area contributed by atoms with Gasteiger partial charge in [0.05, 0.1) is 5.52 Å². The molecule has 0 bridgehead atoms. The molecule has 5 heteroatoms. The van der Waals surface area contributed by atoms with Gasteiger partial charge in [0.2, 0.25) is 0 Å². The van der Waals surface area contributed by atoms with Gasteiger partial charge in [0.25, 0.3) is 0 Å². The van der Waals surface area contributed by atoms with Crippen molar-refractivity contribution in [2.24, 2.45) is 7.05 Å². The second-order valence-corrected chi connectivity index (χ2v) is 5.46. The van der Waals surface area contributed by atoms with E-state index in [4.69, 9.17) is 23.2 Å². The minimum absolute atomic E-state index is 0.464. The molecule has 0 fully saturated rings. The van der Waals surface area contributed by atoms with E-state index in [-0.39, 0.29) is 0 Å². The fourth-order valence-corrected chi connectivity index (χ4v) is 2.74. The van der Waals surface area contributed by atoms with E-state index < -0.39 is 0 Å². The van der Waals surface area contributed by atoms with Crippen molar-refractivity contribution in [3.05, 3.63) is 58.1 Å². The van der Waals surface area contributed by atoms with Gasteiger partial charge >= 0.3 is 0 Å². The number of rotatable bonds is 3. The lowest BCUT2D eigenvalue weighted by Gasteiger charge is -2.08. The van der Waals surface area contributed by atoms with Crippen LogP contribution in [-0.2, 0) is 19.3 Å². The van der Waals surface area contributed by atoms with E-state index in [1.54, 1.807) is 4.68 Å². The molecule has 102 valence electrons. The van der Waals surface area contributed by atoms with Gasteiger partial charge in [-0.3, -0.25) is 0 Å². The molecule has 1 heterocycles. The maximum atomic E-state index is 6.00. The highest BCUT2D eigenvalue weighted by atomic mass is 35.5. The van der Waals surface area contributed by atoms with Crippen LogP contribution in [0.5, 0.6) is 0 Å². The Morgan fingerprint density at radius 2 is 1.95 bits per heavy atom. The Hall–Kier alpha value is -1.58. The molecule has 3 rings (SSSR count). The Morgan fingerprint density at radius 1 is 1.10 bits per heavy atom. The maximum absolute atomic E-state index is 6.00. The van der Waals surface area contributed by atoms with E-state index in [9.17, 15) is 0 Å². The molecule has 0 N–H and O–H groups in total. The molecule has 0 unspecified atom stereocenters. The minimum atomic E-state index is 0.464. The molecule has 3 aromatic rings. The molecule has 0 saturated heterocycles. The van der Waals surface area contributed by atoms with Crippen molar-refractivity contribution in [3.63, 3.8) is 0 Å². The fraction of sp³-hybridized carbons (Fsp3) is 0.200. The normalized spacial score (nSPS) is 11.2. The summed E-state index contributed by atoms with van der Waals surface area (Å²) in [6.45, 7) is 0. The summed E-state index contributed by atoms with van der Waals surface area (Å²) in [7, 11) is 1.89. The molecule has 20 heavy (non-hydrogen) atoms. The second kappa shape index (κ2) is 5.43. The summed E-state index contributed by atoms with van der Waals surface area (Å²) in [5.74, 6) is 0.464. The first-order valence-corrected chi connectivity index (χ1v) is 7.20. The van der Waals surface area contributed by atoms with Gasteiger partial charge in [0.1, 0.15) is 5.52 Å². The standard InChI is InChI=1S/C15H13Cl2N3/c1-20-15-7-10(2-5-14(15)18-19-20)6-11-3-4-13(17)8-12(11)9-16/h2-5,7-8H,6,9H2,1H3. The SMILES string of the molecule is Cn1nnc2ccc(Cc3ccc(Cl)cc3CCl)cc21. The average Bonchev–Trinajstić information content (AvgIpc) is 2.82. The Kier molecular flexibility index (Phi) is 3.64. The lowest BCUT2D eigenvalue weighted by molar-refractivity contribution is 0.736. The van der Waals surface area contributed by atoms with Crippen molar-refractivity contribution >= 4 is 34.2 Å². The predicted molar refractivity (Wildman–Crippen MR) is 82.3 cm³/mol. The molecule has 1 aromatic heterocycles. The molecule has 2 aromatic carbocycles. The van der Waals surface area contributed by atoms with Gasteiger partial charge in [0.15, 0.2) is 0 Å². The smallest absolute Gasteiger partial charge is 0.113 e. The van der Waals surface area contributed by atoms with Crippen molar-refractivity contribution in [1.82, 2.24) is 15.0 Å². The first-order valence-electron chi connectivity index (χ1n) is 6.29. The number of aryl methyl sites for hydroxylation is 1. The third-order valence-electron chi connectivity index (χ3n) is 3.38. The van der Waals surface area contributed by atoms with Crippen molar-refractivity contribution in [3.8, 4) is 0 Å². The molecule has 0 amide bonds. The lowest BCUT2D eigenvalue weighted by Crippen LogP contribution is -1.95. The largest absolute Gasteiger partial charge is 0.248 e. The number of aromatic nitrogens is 3. The summed E-state index contributed by atoms with van der Waals surface area (Å²) in [6, 6.07) is 12.0. The molecule has 0 radical (unpaired) electrons. The second-order valence-electron chi connectivity index (χ2n) is 4.76. The van der Waals surface area contributed by atoms with E-state index >= 15 is 0 Å². The number of nitrogens with zero attached hydrogens (tertiary/aromatic N) is 3. The van der Waals surface area contributed by atoms with Crippen molar-refractivity contribution in [2.45, 2.75) is 12.3 Å². The van der Waals surface area contributed by atoms with Gasteiger partial charge in [-0.2, -0.15) is 0 Å². The third-order valence-corrected chi connectivity index (χ3v) is 3.90. The van der Waals surface area contributed by atoms with Gasteiger partial charge < -0.3 is 0 Å². The Morgan fingerprint density at radius 3 is 2.75 bits per heavy atom. The number of hydrogen-bond donors (Lipinski definition) is 0. The molecule has 0 aliphatic heterocycles. The zero-order valence-corrected chi connectivity index (χ0v) is 12.5. The lowest BCUT2D eigenvalue weighted by atomic mass is 10.0. The molecule has 0 spiro atoms. The Labute approximate surface area is 127 Å². The quantitative estimate of drug-likeness (QED) is 0.686. The van der Waals surface area contributed by atoms with Crippen LogP contribution in [0, 0.1) is 0 Å². The Balaban J connectivity index is 1.98. The average molecular weight is 306 g/mol. The molecular weight excluding hydrogens is 293 g/mol. The van der Waals surface area contributed by atoms with Crippen LogP contribution in [0.4, 0.5) is 0 Å². The number of benzene rings is 2. The third kappa shape index (κ3) is 2.51. The number of fused-ring (bicyclic) bond motifs is 1. The van der Waals surface area contributed by atoms with Crippen LogP contribution in [0.3, 0.4) is 0 Å². The van der Waals surface area contributed by atoms with Crippen molar-refractivity contribution in [2.75, 3.05) is 0 Å². The monoisotopic (exact) mass is 305 g/mol. The fourth-order valence-electron chi connectivity index (χ4n) is 2.30. The summed E-state index contributed by atoms with van der Waals surface area (Å²) < 4.78 is 1.78. The topological polar surface area (TPSA) is 30.7 Å². The van der Waals surface area contributed by atoms with Crippen LogP contribution >= 0.6 is 23.2 Å². The van der Waals surface area contributed by atoms with Crippen LogP contribution in [0.2, 0.25) is 5.02 Å². The van der Waals surface area contributed by atoms with Gasteiger partial charge in [0, 0.05) is 18.0 Å². The van der Waals surface area contributed by atoms with E-state index in [1.807, 2.05) is 31.3 Å². The molecule has 0 aliphatic carbocycles. The Bertz CT molecular complexity index is 765. The number of alkyl halides is 1. The van der Waals surface area contributed by atoms with E-state index in [0.29, 0.717) is 5.88 Å². The predicted octanol–water partition coefficient (Wildman–Crippen LogP) is 3.95. The highest BCUT2D eigenvalue weighted by Crippen LogP contribution is 2.22. The van der Waals surface area contributed by atoms with Gasteiger partial charge in [-0.25, -0.2) is 4.68 Å². The zero-order chi connectivity index (χ0) is 14.1. The summed E-state index contributed by atoms with van der Waals surface area (Å²) in [4.78, 5) is 0. The maximum Gasteiger partial charge on any atom is 0.113 e. The number of halogens is 2. The highest BCUT2D eigenvalue weighted by Gasteiger charge is 2.07. The van der Waals surface area contributed by atoms with Crippen molar-refractivity contribution < 1.29 is 0 Å². The van der Waals surface area contributed by atoms with E-state index in [0.717, 1.165) is 28.0 Å². The first-order chi connectivity index (χ1) is 9.67. The minimum Gasteiger partial charge on any atom is -0.248 e. The van der Waals surface area contributed by atoms with Crippen LogP contribution in [-0.4, -0.2) is 15.0 Å². The molecule has 0 saturated carbocycles.